The van der Waals surface area contributed by atoms with Gasteiger partial charge in [0.1, 0.15) is 0 Å². The van der Waals surface area contributed by atoms with Gasteiger partial charge in [0.15, 0.2) is 0 Å². The molecule has 0 aromatic heterocycles. The van der Waals surface area contributed by atoms with E-state index in [0.29, 0.717) is 0 Å². The molecule has 0 spiro atoms. The molecule has 74 valence electrons. The van der Waals surface area contributed by atoms with Gasteiger partial charge in [0.2, 0.25) is 0 Å². The van der Waals surface area contributed by atoms with Gasteiger partial charge in [-0.3, -0.25) is 0 Å². The second kappa shape index (κ2) is 5.00. The van der Waals surface area contributed by atoms with Crippen LogP contribution in [0.5, 0.6) is 0 Å². The zero-order chi connectivity index (χ0) is 10.5. The molecule has 0 aliphatic carbocycles. The Morgan fingerprint density at radius 1 is 0.733 bits per heavy atom. The minimum absolute atomic E-state index is 1.24. The summed E-state index contributed by atoms with van der Waals surface area (Å²) in [7, 11) is 0. The third-order valence-electron chi connectivity index (χ3n) is 2.25. The molecular formula is C14H13As. The normalized spacial score (nSPS) is 10.2. The minimum atomic E-state index is -1.24. The number of benzene rings is 2. The predicted octanol–water partition coefficient (Wildman–Crippen LogP) is 2.02. The second-order valence-corrected chi connectivity index (χ2v) is 7.71. The summed E-state index contributed by atoms with van der Waals surface area (Å²) in [6.45, 7) is 3.98. The van der Waals surface area contributed by atoms with Gasteiger partial charge in [-0.15, -0.1) is 0 Å². The van der Waals surface area contributed by atoms with Gasteiger partial charge in [-0.05, 0) is 0 Å². The quantitative estimate of drug-likeness (QED) is 0.737. The monoisotopic (exact) mass is 256 g/mol. The van der Waals surface area contributed by atoms with Crippen LogP contribution >= 0.6 is 0 Å². The van der Waals surface area contributed by atoms with Crippen molar-refractivity contribution in [3.8, 4) is 0 Å². The van der Waals surface area contributed by atoms with Crippen molar-refractivity contribution >= 4 is 23.4 Å². The van der Waals surface area contributed by atoms with E-state index in [1.165, 1.54) is 8.70 Å². The van der Waals surface area contributed by atoms with E-state index in [-0.39, 0.29) is 0 Å². The zero-order valence-electron chi connectivity index (χ0n) is 8.51. The molecule has 2 rings (SSSR count). The molecule has 0 bridgehead atoms. The van der Waals surface area contributed by atoms with Crippen LogP contribution in [0.1, 0.15) is 0 Å². The van der Waals surface area contributed by atoms with Crippen LogP contribution in [-0.4, -0.2) is 14.7 Å². The molecule has 0 aliphatic heterocycles. The maximum atomic E-state index is 3.98. The summed E-state index contributed by atoms with van der Waals surface area (Å²) in [6, 6.07) is 21.3. The van der Waals surface area contributed by atoms with Gasteiger partial charge in [-0.2, -0.15) is 0 Å². The van der Waals surface area contributed by atoms with Crippen molar-refractivity contribution in [2.45, 2.75) is 0 Å². The first-order chi connectivity index (χ1) is 7.42. The Kier molecular flexibility index (Phi) is 3.42. The van der Waals surface area contributed by atoms with Gasteiger partial charge in [0.25, 0.3) is 0 Å². The van der Waals surface area contributed by atoms with E-state index in [2.05, 4.69) is 72.1 Å². The Balaban J connectivity index is 2.38. The van der Waals surface area contributed by atoms with Crippen LogP contribution in [0, 0.1) is 0 Å². The number of hydrogen-bond acceptors (Lipinski definition) is 0. The summed E-state index contributed by atoms with van der Waals surface area (Å²) in [5.74, 6) is 0. The molecule has 1 heteroatoms. The van der Waals surface area contributed by atoms with Gasteiger partial charge in [0.05, 0.1) is 0 Å². The first-order valence-corrected chi connectivity index (χ1v) is 7.90. The standard InChI is InChI=1S/C14H13As/c1-2-15(13-9-5-3-6-10-13)14-11-7-4-8-12-14/h2-12H,1H2. The summed E-state index contributed by atoms with van der Waals surface area (Å²) in [5, 5.41) is 0. The van der Waals surface area contributed by atoms with Gasteiger partial charge in [-0.1, -0.05) is 0 Å². The molecule has 0 nitrogen and oxygen atoms in total. The summed E-state index contributed by atoms with van der Waals surface area (Å²) in [6.07, 6.45) is 0. The predicted molar refractivity (Wildman–Crippen MR) is 68.1 cm³/mol. The van der Waals surface area contributed by atoms with E-state index < -0.39 is 14.7 Å². The van der Waals surface area contributed by atoms with Crippen LogP contribution in [0.4, 0.5) is 0 Å². The molecular weight excluding hydrogens is 243 g/mol. The number of hydrogen-bond donors (Lipinski definition) is 0. The summed E-state index contributed by atoms with van der Waals surface area (Å²) >= 11 is -1.24. The van der Waals surface area contributed by atoms with E-state index in [4.69, 9.17) is 0 Å². The fourth-order valence-electron chi connectivity index (χ4n) is 1.54. The molecule has 15 heavy (non-hydrogen) atoms. The summed E-state index contributed by atoms with van der Waals surface area (Å²) in [4.78, 5) is 2.14. The molecule has 0 fully saturated rings. The molecule has 0 amide bonds. The van der Waals surface area contributed by atoms with Crippen molar-refractivity contribution in [3.05, 3.63) is 72.1 Å². The SMILES string of the molecule is C=C[As](c1ccccc1)c1ccccc1. The van der Waals surface area contributed by atoms with Crippen LogP contribution in [-0.2, 0) is 0 Å². The fraction of sp³-hybridized carbons (Fsp3) is 0. The second-order valence-electron chi connectivity index (χ2n) is 3.22. The third-order valence-corrected chi connectivity index (χ3v) is 6.60. The Bertz CT molecular complexity index is 380. The zero-order valence-corrected chi connectivity index (χ0v) is 10.4. The molecule has 0 saturated carbocycles. The Morgan fingerprint density at radius 2 is 1.13 bits per heavy atom. The maximum absolute atomic E-state index is 3.98. The molecule has 0 saturated heterocycles. The van der Waals surface area contributed by atoms with Crippen molar-refractivity contribution < 1.29 is 0 Å². The summed E-state index contributed by atoms with van der Waals surface area (Å²) < 4.78 is 2.87. The van der Waals surface area contributed by atoms with Crippen LogP contribution in [0.15, 0.2) is 72.1 Å². The molecule has 0 atom stereocenters. The van der Waals surface area contributed by atoms with Crippen LogP contribution in [0.25, 0.3) is 0 Å². The van der Waals surface area contributed by atoms with E-state index in [1.807, 2.05) is 0 Å². The van der Waals surface area contributed by atoms with Crippen LogP contribution in [0.3, 0.4) is 0 Å². The molecule has 0 unspecified atom stereocenters. The average molecular weight is 256 g/mol. The molecule has 0 aliphatic rings. The first-order valence-electron chi connectivity index (χ1n) is 4.94. The number of rotatable bonds is 3. The fourth-order valence-corrected chi connectivity index (χ4v) is 5.12. The Morgan fingerprint density at radius 3 is 1.47 bits per heavy atom. The van der Waals surface area contributed by atoms with Gasteiger partial charge in [-0.25, -0.2) is 0 Å². The Labute approximate surface area is 95.5 Å². The van der Waals surface area contributed by atoms with Crippen molar-refractivity contribution in [1.82, 2.24) is 0 Å². The van der Waals surface area contributed by atoms with Crippen LogP contribution < -0.4 is 8.70 Å². The van der Waals surface area contributed by atoms with E-state index in [9.17, 15) is 0 Å². The third kappa shape index (κ3) is 2.40. The van der Waals surface area contributed by atoms with Gasteiger partial charge in [0, 0.05) is 0 Å². The van der Waals surface area contributed by atoms with Crippen LogP contribution in [0.2, 0.25) is 0 Å². The van der Waals surface area contributed by atoms with Crippen molar-refractivity contribution in [3.63, 3.8) is 0 Å². The molecule has 0 radical (unpaired) electrons. The van der Waals surface area contributed by atoms with Crippen molar-refractivity contribution in [1.29, 1.82) is 0 Å². The van der Waals surface area contributed by atoms with Crippen molar-refractivity contribution in [2.24, 2.45) is 0 Å². The molecule has 2 aromatic carbocycles. The van der Waals surface area contributed by atoms with Gasteiger partial charge < -0.3 is 0 Å². The average Bonchev–Trinajstić information content (AvgIpc) is 2.33. The molecule has 0 heterocycles. The molecule has 2 aromatic rings. The summed E-state index contributed by atoms with van der Waals surface area (Å²) in [5.41, 5.74) is 0. The topological polar surface area (TPSA) is 0 Å². The molecule has 0 N–H and O–H groups in total. The first kappa shape index (κ1) is 10.3. The van der Waals surface area contributed by atoms with E-state index >= 15 is 0 Å². The van der Waals surface area contributed by atoms with Gasteiger partial charge >= 0.3 is 95.5 Å². The van der Waals surface area contributed by atoms with E-state index in [1.54, 1.807) is 0 Å². The Hall–Kier alpha value is -1.26. The van der Waals surface area contributed by atoms with Crippen molar-refractivity contribution in [2.75, 3.05) is 0 Å². The van der Waals surface area contributed by atoms with E-state index in [0.717, 1.165) is 0 Å².